The van der Waals surface area contributed by atoms with E-state index in [1.54, 1.807) is 4.90 Å². The Balaban J connectivity index is 1.54. The van der Waals surface area contributed by atoms with Crippen molar-refractivity contribution in [1.82, 2.24) is 14.8 Å². The molecule has 0 saturated carbocycles. The van der Waals surface area contributed by atoms with E-state index in [1.165, 1.54) is 11.3 Å². The molecule has 2 N–H and O–H groups in total. The molecule has 1 fully saturated rings. The number of carbonyl (C=O) groups excluding carboxylic acids is 1. The van der Waals surface area contributed by atoms with Gasteiger partial charge in [0.05, 0.1) is 10.6 Å². The first-order valence-electron chi connectivity index (χ1n) is 10.4. The minimum absolute atomic E-state index is 0.309. The number of nitrogens with one attached hydrogen (secondary N) is 2. The van der Waals surface area contributed by atoms with Crippen molar-refractivity contribution in [3.63, 3.8) is 0 Å². The lowest BCUT2D eigenvalue weighted by Gasteiger charge is -2.36. The van der Waals surface area contributed by atoms with Crippen LogP contribution in [-0.4, -0.2) is 58.5 Å². The van der Waals surface area contributed by atoms with E-state index in [-0.39, 0.29) is 6.09 Å². The van der Waals surface area contributed by atoms with E-state index < -0.39 is 5.60 Å². The molecule has 9 heteroatoms. The van der Waals surface area contributed by atoms with Gasteiger partial charge in [-0.3, -0.25) is 5.41 Å². The number of fused-ring (bicyclic) bond motifs is 1. The minimum atomic E-state index is -0.534. The van der Waals surface area contributed by atoms with Gasteiger partial charge in [-0.2, -0.15) is 5.11 Å². The molecule has 4 rings (SSSR count). The maximum absolute atomic E-state index is 12.3. The highest BCUT2D eigenvalue weighted by Crippen LogP contribution is 2.39. The average Bonchev–Trinajstić information content (AvgIpc) is 3.16. The van der Waals surface area contributed by atoms with E-state index in [0.717, 1.165) is 21.5 Å². The Kier molecular flexibility index (Phi) is 5.92. The molecule has 32 heavy (non-hydrogen) atoms. The number of hydrogen-bond acceptors (Lipinski definition) is 7. The van der Waals surface area contributed by atoms with Crippen molar-refractivity contribution >= 4 is 39.2 Å². The summed E-state index contributed by atoms with van der Waals surface area (Å²) < 4.78 is 5.45. The van der Waals surface area contributed by atoms with E-state index in [0.29, 0.717) is 42.6 Å². The van der Waals surface area contributed by atoms with Crippen LogP contribution in [-0.2, 0) is 4.74 Å². The average molecular weight is 451 g/mol. The number of rotatable bonds is 3. The molecule has 1 aliphatic heterocycles. The Morgan fingerprint density at radius 3 is 2.34 bits per heavy atom. The number of pyridine rings is 1. The van der Waals surface area contributed by atoms with Crippen LogP contribution in [0.15, 0.2) is 47.6 Å². The number of benzene rings is 1. The predicted octanol–water partition coefficient (Wildman–Crippen LogP) is 5.50. The van der Waals surface area contributed by atoms with Gasteiger partial charge in [0.1, 0.15) is 22.0 Å². The molecule has 0 spiro atoms. The lowest BCUT2D eigenvalue weighted by atomic mass is 10.1. The summed E-state index contributed by atoms with van der Waals surface area (Å²) in [7, 11) is 0. The molecule has 1 saturated heterocycles. The predicted molar refractivity (Wildman–Crippen MR) is 126 cm³/mol. The van der Waals surface area contributed by atoms with Crippen LogP contribution in [0.4, 0.5) is 10.5 Å². The molecule has 3 heterocycles. The lowest BCUT2D eigenvalue weighted by Crippen LogP contribution is -2.51. The van der Waals surface area contributed by atoms with Crippen LogP contribution in [0.25, 0.3) is 21.5 Å². The third kappa shape index (κ3) is 4.47. The number of piperazine rings is 1. The van der Waals surface area contributed by atoms with Crippen LogP contribution in [0.5, 0.6) is 0 Å². The molecule has 2 aromatic heterocycles. The quantitative estimate of drug-likeness (QED) is 0.312. The Labute approximate surface area is 190 Å². The van der Waals surface area contributed by atoms with Gasteiger partial charge in [0.25, 0.3) is 0 Å². The molecule has 166 valence electrons. The minimum Gasteiger partial charge on any atom is -0.444 e. The van der Waals surface area contributed by atoms with Gasteiger partial charge in [-0.1, -0.05) is 30.3 Å². The molecule has 0 aliphatic carbocycles. The smallest absolute Gasteiger partial charge is 0.410 e. The molecule has 0 bridgehead atoms. The topological polar surface area (TPSA) is 106 Å². The number of aromatic nitrogens is 1. The van der Waals surface area contributed by atoms with E-state index in [9.17, 15) is 4.79 Å². The van der Waals surface area contributed by atoms with Gasteiger partial charge in [-0.25, -0.2) is 15.3 Å². The summed E-state index contributed by atoms with van der Waals surface area (Å²) in [5, 5.41) is 13.3. The van der Waals surface area contributed by atoms with Gasteiger partial charge in [-0.15, -0.1) is 11.3 Å². The first-order valence-corrected chi connectivity index (χ1v) is 11.3. The second-order valence-electron chi connectivity index (χ2n) is 8.61. The van der Waals surface area contributed by atoms with Crippen LogP contribution < -0.4 is 0 Å². The number of amidine groups is 1. The molecule has 0 radical (unpaired) electrons. The largest absolute Gasteiger partial charge is 0.444 e. The van der Waals surface area contributed by atoms with Crippen LogP contribution in [0.3, 0.4) is 0 Å². The summed E-state index contributed by atoms with van der Waals surface area (Å²) in [5.41, 5.74) is 9.50. The van der Waals surface area contributed by atoms with E-state index in [1.807, 2.05) is 68.1 Å². The first kappa shape index (κ1) is 21.9. The second-order valence-corrected chi connectivity index (χ2v) is 9.61. The molecule has 1 aliphatic rings. The van der Waals surface area contributed by atoms with E-state index in [4.69, 9.17) is 20.7 Å². The molecule has 0 unspecified atom stereocenters. The van der Waals surface area contributed by atoms with Gasteiger partial charge >= 0.3 is 6.09 Å². The summed E-state index contributed by atoms with van der Waals surface area (Å²) in [5.74, 6) is 0.309. The fourth-order valence-electron chi connectivity index (χ4n) is 3.59. The second kappa shape index (κ2) is 8.66. The van der Waals surface area contributed by atoms with Gasteiger partial charge in [0.15, 0.2) is 0 Å². The highest BCUT2D eigenvalue weighted by atomic mass is 32.1. The van der Waals surface area contributed by atoms with E-state index in [2.05, 4.69) is 5.11 Å². The normalized spacial score (nSPS) is 14.5. The van der Waals surface area contributed by atoms with E-state index >= 15 is 0 Å². The van der Waals surface area contributed by atoms with Gasteiger partial charge in [-0.05, 0) is 32.9 Å². The maximum atomic E-state index is 12.3. The number of nitrogens with zero attached hydrogens (tertiary/aromatic N) is 4. The number of thiophene rings is 1. The van der Waals surface area contributed by atoms with Crippen molar-refractivity contribution in [2.45, 2.75) is 26.4 Å². The molecule has 8 nitrogen and oxygen atoms in total. The van der Waals surface area contributed by atoms with Crippen LogP contribution in [0.2, 0.25) is 0 Å². The molecule has 0 atom stereocenters. The van der Waals surface area contributed by atoms with Crippen molar-refractivity contribution < 1.29 is 9.53 Å². The van der Waals surface area contributed by atoms with Gasteiger partial charge in [0.2, 0.25) is 0 Å². The molecule has 3 aromatic rings. The summed E-state index contributed by atoms with van der Waals surface area (Å²) in [6.07, 6.45) is -0.329. The first-order chi connectivity index (χ1) is 15.3. The Bertz CT molecular complexity index is 1160. The van der Waals surface area contributed by atoms with Gasteiger partial charge in [0, 0.05) is 37.1 Å². The summed E-state index contributed by atoms with van der Waals surface area (Å²) >= 11 is 1.38. The summed E-state index contributed by atoms with van der Waals surface area (Å²) in [6, 6.07) is 13.8. The van der Waals surface area contributed by atoms with Crippen molar-refractivity contribution in [1.29, 1.82) is 10.9 Å². The van der Waals surface area contributed by atoms with Crippen molar-refractivity contribution in [2.24, 2.45) is 5.11 Å². The number of carbonyl (C=O) groups is 1. The fourth-order valence-corrected chi connectivity index (χ4v) is 4.68. The van der Waals surface area contributed by atoms with Crippen LogP contribution in [0.1, 0.15) is 25.6 Å². The Morgan fingerprint density at radius 1 is 1.06 bits per heavy atom. The lowest BCUT2D eigenvalue weighted by molar-refractivity contribution is 0.0187. The molecular formula is C23H26N6O2S. The monoisotopic (exact) mass is 450 g/mol. The molecule has 1 amide bonds. The van der Waals surface area contributed by atoms with Crippen molar-refractivity contribution in [3.05, 3.63) is 47.3 Å². The molecular weight excluding hydrogens is 424 g/mol. The van der Waals surface area contributed by atoms with Crippen molar-refractivity contribution in [3.8, 4) is 11.3 Å². The standard InChI is InChI=1S/C23H26N6O2S/c1-23(2,3)31-22(30)29-13-11-28(12-14-29)20(24)19-18(27-25)16-9-10-17(26-21(16)32-19)15-7-5-4-6-8-15/h4-10,24-25H,11-14H2,1-3H3. The number of ether oxygens (including phenoxy) is 1. The van der Waals surface area contributed by atoms with Crippen LogP contribution in [0, 0.1) is 10.9 Å². The summed E-state index contributed by atoms with van der Waals surface area (Å²) in [6.45, 7) is 7.54. The SMILES string of the molecule is CC(C)(C)OC(=O)N1CCN(C(=N)c2sc3nc(-c4ccccc4)ccc3c2N=N)CC1. The zero-order valence-electron chi connectivity index (χ0n) is 18.4. The third-order valence-corrected chi connectivity index (χ3v) is 6.27. The zero-order chi connectivity index (χ0) is 22.9. The number of hydrogen-bond donors (Lipinski definition) is 2. The fraction of sp³-hybridized carbons (Fsp3) is 0.348. The molecule has 1 aromatic carbocycles. The van der Waals surface area contributed by atoms with Crippen LogP contribution >= 0.6 is 11.3 Å². The zero-order valence-corrected chi connectivity index (χ0v) is 19.2. The van der Waals surface area contributed by atoms with Gasteiger partial charge < -0.3 is 14.5 Å². The highest BCUT2D eigenvalue weighted by Gasteiger charge is 2.29. The number of amides is 1. The Morgan fingerprint density at radius 2 is 1.72 bits per heavy atom. The Hall–Kier alpha value is -3.33. The highest BCUT2D eigenvalue weighted by molar-refractivity contribution is 7.21. The summed E-state index contributed by atoms with van der Waals surface area (Å²) in [4.78, 5) is 22.0. The van der Waals surface area contributed by atoms with Crippen molar-refractivity contribution in [2.75, 3.05) is 26.2 Å². The third-order valence-electron chi connectivity index (χ3n) is 5.17. The maximum Gasteiger partial charge on any atom is 0.410 e.